The number of rotatable bonds is 9. The van der Waals surface area contributed by atoms with Crippen LogP contribution in [0.2, 0.25) is 0 Å². The Morgan fingerprint density at radius 2 is 1.95 bits per heavy atom. The molecule has 0 amide bonds. The van der Waals surface area contributed by atoms with Gasteiger partial charge in [0.25, 0.3) is 0 Å². The Bertz CT molecular complexity index is 287. The highest BCUT2D eigenvalue weighted by atomic mass is 16.3. The van der Waals surface area contributed by atoms with E-state index in [9.17, 15) is 5.11 Å². The molecule has 0 aromatic carbocycles. The van der Waals surface area contributed by atoms with Crippen molar-refractivity contribution >= 4 is 0 Å². The van der Waals surface area contributed by atoms with Crippen molar-refractivity contribution in [1.82, 2.24) is 10.2 Å². The summed E-state index contributed by atoms with van der Waals surface area (Å²) in [4.78, 5) is 2.72. The van der Waals surface area contributed by atoms with Crippen LogP contribution in [0.3, 0.4) is 0 Å². The number of aliphatic hydroxyl groups is 1. The number of hydrogen-bond donors (Lipinski definition) is 2. The van der Waals surface area contributed by atoms with E-state index >= 15 is 0 Å². The van der Waals surface area contributed by atoms with Gasteiger partial charge in [-0.2, -0.15) is 0 Å². The van der Waals surface area contributed by atoms with Crippen LogP contribution in [-0.4, -0.2) is 47.3 Å². The monoisotopic (exact) mass is 296 g/mol. The van der Waals surface area contributed by atoms with Crippen molar-refractivity contribution in [2.24, 2.45) is 0 Å². The minimum atomic E-state index is -0.0191. The first kappa shape index (κ1) is 17.2. The molecule has 3 nitrogen and oxygen atoms in total. The maximum atomic E-state index is 9.86. The highest BCUT2D eigenvalue weighted by Crippen LogP contribution is 2.27. The zero-order valence-electron chi connectivity index (χ0n) is 14.2. The predicted molar refractivity (Wildman–Crippen MR) is 89.6 cm³/mol. The van der Waals surface area contributed by atoms with Gasteiger partial charge in [-0.25, -0.2) is 0 Å². The van der Waals surface area contributed by atoms with Crippen molar-refractivity contribution in [3.8, 4) is 0 Å². The molecule has 0 aromatic heterocycles. The molecule has 2 rings (SSSR count). The first-order chi connectivity index (χ1) is 10.2. The summed E-state index contributed by atoms with van der Waals surface area (Å²) in [7, 11) is 0. The van der Waals surface area contributed by atoms with E-state index in [-0.39, 0.29) is 12.1 Å². The summed E-state index contributed by atoms with van der Waals surface area (Å²) in [5.41, 5.74) is -0.0191. The largest absolute Gasteiger partial charge is 0.394 e. The van der Waals surface area contributed by atoms with Gasteiger partial charge in [0.15, 0.2) is 0 Å². The van der Waals surface area contributed by atoms with Gasteiger partial charge in [0.1, 0.15) is 0 Å². The zero-order valence-corrected chi connectivity index (χ0v) is 14.2. The number of likely N-dealkylation sites (tertiary alicyclic amines) is 1. The van der Waals surface area contributed by atoms with Gasteiger partial charge in [-0.1, -0.05) is 26.7 Å². The second-order valence-corrected chi connectivity index (χ2v) is 7.26. The topological polar surface area (TPSA) is 35.5 Å². The molecule has 2 fully saturated rings. The van der Waals surface area contributed by atoms with Crippen LogP contribution < -0.4 is 5.32 Å². The first-order valence-electron chi connectivity index (χ1n) is 9.35. The number of nitrogens with zero attached hydrogens (tertiary/aromatic N) is 1. The molecule has 1 saturated heterocycles. The second kappa shape index (κ2) is 8.50. The summed E-state index contributed by atoms with van der Waals surface area (Å²) in [5, 5.41) is 13.6. The van der Waals surface area contributed by atoms with Crippen LogP contribution in [0.15, 0.2) is 0 Å². The van der Waals surface area contributed by atoms with Crippen LogP contribution in [0.4, 0.5) is 0 Å². The predicted octanol–water partition coefficient (Wildman–Crippen LogP) is 3.31. The van der Waals surface area contributed by atoms with E-state index in [2.05, 4.69) is 24.1 Å². The number of aliphatic hydroxyl groups excluding tert-OH is 1. The van der Waals surface area contributed by atoms with E-state index in [4.69, 9.17) is 0 Å². The van der Waals surface area contributed by atoms with Gasteiger partial charge < -0.3 is 15.3 Å². The average Bonchev–Trinajstić information content (AvgIpc) is 3.33. The summed E-state index contributed by atoms with van der Waals surface area (Å²) in [5.74, 6) is 0. The average molecular weight is 296 g/mol. The molecule has 2 unspecified atom stereocenters. The van der Waals surface area contributed by atoms with Gasteiger partial charge in [0.2, 0.25) is 0 Å². The van der Waals surface area contributed by atoms with E-state index in [0.29, 0.717) is 6.04 Å². The molecular formula is C18H36N2O. The van der Waals surface area contributed by atoms with Gasteiger partial charge in [0.05, 0.1) is 6.61 Å². The highest BCUT2D eigenvalue weighted by molar-refractivity contribution is 4.94. The summed E-state index contributed by atoms with van der Waals surface area (Å²) >= 11 is 0. The van der Waals surface area contributed by atoms with Crippen molar-refractivity contribution in [2.75, 3.05) is 19.7 Å². The molecule has 2 aliphatic rings. The van der Waals surface area contributed by atoms with E-state index < -0.39 is 0 Å². The highest BCUT2D eigenvalue weighted by Gasteiger charge is 2.34. The van der Waals surface area contributed by atoms with Gasteiger partial charge >= 0.3 is 0 Å². The smallest absolute Gasteiger partial charge is 0.0613 e. The lowest BCUT2D eigenvalue weighted by Gasteiger charge is -2.35. The molecule has 124 valence electrons. The first-order valence-corrected chi connectivity index (χ1v) is 9.35. The van der Waals surface area contributed by atoms with Gasteiger partial charge in [-0.05, 0) is 64.5 Å². The normalized spacial score (nSPS) is 27.3. The minimum Gasteiger partial charge on any atom is -0.394 e. The number of nitrogens with one attached hydrogen (secondary N) is 1. The Balaban J connectivity index is 1.79. The van der Waals surface area contributed by atoms with E-state index in [1.54, 1.807) is 0 Å². The Morgan fingerprint density at radius 3 is 2.57 bits per heavy atom. The van der Waals surface area contributed by atoms with Crippen LogP contribution in [0.1, 0.15) is 78.1 Å². The van der Waals surface area contributed by atoms with Crippen LogP contribution in [0.5, 0.6) is 0 Å². The fourth-order valence-electron chi connectivity index (χ4n) is 3.86. The summed E-state index contributed by atoms with van der Waals surface area (Å²) in [6.07, 6.45) is 12.8. The molecule has 1 saturated carbocycles. The molecule has 1 heterocycles. The van der Waals surface area contributed by atoms with Crippen LogP contribution in [0.25, 0.3) is 0 Å². The maximum absolute atomic E-state index is 9.86. The van der Waals surface area contributed by atoms with Gasteiger partial charge in [-0.15, -0.1) is 0 Å². The van der Waals surface area contributed by atoms with Crippen molar-refractivity contribution in [1.29, 1.82) is 0 Å². The molecule has 0 bridgehead atoms. The third kappa shape index (κ3) is 5.22. The fourth-order valence-corrected chi connectivity index (χ4v) is 3.86. The van der Waals surface area contributed by atoms with Gasteiger partial charge in [0, 0.05) is 17.6 Å². The Morgan fingerprint density at radius 1 is 1.14 bits per heavy atom. The molecule has 21 heavy (non-hydrogen) atoms. The van der Waals surface area contributed by atoms with E-state index in [0.717, 1.165) is 18.9 Å². The Labute approximate surface area is 131 Å². The molecule has 1 aliphatic heterocycles. The summed E-state index contributed by atoms with van der Waals surface area (Å²) in [6, 6.07) is 1.48. The zero-order chi connectivity index (χ0) is 15.1. The molecule has 0 radical (unpaired) electrons. The maximum Gasteiger partial charge on any atom is 0.0613 e. The lowest BCUT2D eigenvalue weighted by atomic mass is 9.90. The minimum absolute atomic E-state index is 0.0191. The van der Waals surface area contributed by atoms with Gasteiger partial charge in [-0.3, -0.25) is 0 Å². The van der Waals surface area contributed by atoms with Crippen molar-refractivity contribution < 1.29 is 5.11 Å². The lowest BCUT2D eigenvalue weighted by Crippen LogP contribution is -2.49. The van der Waals surface area contributed by atoms with Crippen LogP contribution in [-0.2, 0) is 0 Å². The number of hydrogen-bond acceptors (Lipinski definition) is 3. The molecule has 0 aromatic rings. The van der Waals surface area contributed by atoms with Crippen LogP contribution in [0, 0.1) is 0 Å². The summed E-state index contributed by atoms with van der Waals surface area (Å²) in [6.45, 7) is 7.34. The third-order valence-corrected chi connectivity index (χ3v) is 5.64. The molecule has 2 N–H and O–H groups in total. The Kier molecular flexibility index (Phi) is 6.97. The standard InChI is InChI=1S/C18H36N2O/c1-3-17-9-6-5-7-13-20(17)14-8-12-18(4-2,15-21)19-16-10-11-16/h16-17,19,21H,3-15H2,1-2H3. The molecule has 0 spiro atoms. The van der Waals surface area contributed by atoms with Crippen molar-refractivity contribution in [3.05, 3.63) is 0 Å². The Hall–Kier alpha value is -0.120. The SMILES string of the molecule is CCC1CCCCCN1CCCC(CC)(CO)NC1CC1. The van der Waals surface area contributed by atoms with Crippen molar-refractivity contribution in [3.63, 3.8) is 0 Å². The lowest BCUT2D eigenvalue weighted by molar-refractivity contribution is 0.129. The molecular weight excluding hydrogens is 260 g/mol. The van der Waals surface area contributed by atoms with Crippen LogP contribution >= 0.6 is 0 Å². The molecule has 3 heteroatoms. The third-order valence-electron chi connectivity index (χ3n) is 5.64. The van der Waals surface area contributed by atoms with E-state index in [1.165, 1.54) is 64.5 Å². The molecule has 1 aliphatic carbocycles. The van der Waals surface area contributed by atoms with Crippen molar-refractivity contribution in [2.45, 2.75) is 95.7 Å². The fraction of sp³-hybridized carbons (Fsp3) is 1.00. The second-order valence-electron chi connectivity index (χ2n) is 7.26. The molecule has 2 atom stereocenters. The van der Waals surface area contributed by atoms with E-state index in [1.807, 2.05) is 0 Å². The quantitative estimate of drug-likeness (QED) is 0.685. The summed E-state index contributed by atoms with van der Waals surface area (Å²) < 4.78 is 0.